The number of hydrogen-bond donors (Lipinski definition) is 2. The summed E-state index contributed by atoms with van der Waals surface area (Å²) >= 11 is 1.71. The number of nitrogens with one attached hydrogen (secondary N) is 2. The fourth-order valence-corrected chi connectivity index (χ4v) is 2.66. The Balaban J connectivity index is 1.62. The number of hydrogen-bond acceptors (Lipinski definition) is 4. The quantitative estimate of drug-likeness (QED) is 0.749. The Kier molecular flexibility index (Phi) is 3.90. The minimum atomic E-state index is 0.185. The van der Waals surface area contributed by atoms with Crippen LogP contribution in [0.5, 0.6) is 0 Å². The monoisotopic (exact) mass is 239 g/mol. The first-order chi connectivity index (χ1) is 7.75. The van der Waals surface area contributed by atoms with Crippen LogP contribution in [0.3, 0.4) is 0 Å². The van der Waals surface area contributed by atoms with Crippen molar-refractivity contribution in [1.82, 2.24) is 15.6 Å². The first kappa shape index (κ1) is 11.5. The fourth-order valence-electron chi connectivity index (χ4n) is 1.87. The standard InChI is InChI=1S/C11H17N3OS/c1-8-10(16-7-13-8)4-5-12-6-9-2-3-11(15)14-9/h7,9,12H,2-6H2,1H3,(H,14,15). The molecule has 0 aromatic carbocycles. The van der Waals surface area contributed by atoms with E-state index in [4.69, 9.17) is 0 Å². The first-order valence-corrected chi connectivity index (χ1v) is 6.52. The Labute approximate surface area is 99.5 Å². The molecule has 1 saturated heterocycles. The number of carbonyl (C=O) groups excluding carboxylic acids is 1. The van der Waals surface area contributed by atoms with Crippen molar-refractivity contribution in [2.75, 3.05) is 13.1 Å². The Morgan fingerprint density at radius 2 is 2.56 bits per heavy atom. The molecule has 1 amide bonds. The SMILES string of the molecule is Cc1ncsc1CCNCC1CCC(=O)N1. The van der Waals surface area contributed by atoms with E-state index in [2.05, 4.69) is 15.6 Å². The summed E-state index contributed by atoms with van der Waals surface area (Å²) in [6.45, 7) is 3.88. The second-order valence-electron chi connectivity index (χ2n) is 4.12. The smallest absolute Gasteiger partial charge is 0.220 e. The Bertz CT molecular complexity index is 364. The van der Waals surface area contributed by atoms with Crippen LogP contribution >= 0.6 is 11.3 Å². The highest BCUT2D eigenvalue weighted by Crippen LogP contribution is 2.12. The largest absolute Gasteiger partial charge is 0.352 e. The molecule has 0 bridgehead atoms. The van der Waals surface area contributed by atoms with Gasteiger partial charge < -0.3 is 10.6 Å². The number of thiazole rings is 1. The van der Waals surface area contributed by atoms with E-state index in [1.807, 2.05) is 12.4 Å². The third-order valence-corrected chi connectivity index (χ3v) is 3.84. The van der Waals surface area contributed by atoms with Gasteiger partial charge in [-0.3, -0.25) is 4.79 Å². The normalized spacial score (nSPS) is 20.1. The molecule has 0 radical (unpaired) electrons. The van der Waals surface area contributed by atoms with Gasteiger partial charge in [0, 0.05) is 30.4 Å². The summed E-state index contributed by atoms with van der Waals surface area (Å²) in [5.41, 5.74) is 3.03. The van der Waals surface area contributed by atoms with Crippen LogP contribution < -0.4 is 10.6 Å². The maximum absolute atomic E-state index is 11.0. The van der Waals surface area contributed by atoms with E-state index in [9.17, 15) is 4.79 Å². The van der Waals surface area contributed by atoms with Gasteiger partial charge in [0.05, 0.1) is 11.2 Å². The van der Waals surface area contributed by atoms with Gasteiger partial charge >= 0.3 is 0 Å². The second kappa shape index (κ2) is 5.41. The van der Waals surface area contributed by atoms with Gasteiger partial charge in [0.1, 0.15) is 0 Å². The fraction of sp³-hybridized carbons (Fsp3) is 0.636. The number of amides is 1. The van der Waals surface area contributed by atoms with Crippen molar-refractivity contribution in [2.45, 2.75) is 32.2 Å². The van der Waals surface area contributed by atoms with Crippen LogP contribution in [0.4, 0.5) is 0 Å². The van der Waals surface area contributed by atoms with E-state index in [0.717, 1.165) is 31.6 Å². The van der Waals surface area contributed by atoms with Crippen molar-refractivity contribution in [3.8, 4) is 0 Å². The predicted octanol–water partition coefficient (Wildman–Crippen LogP) is 0.862. The second-order valence-corrected chi connectivity index (χ2v) is 5.06. The molecule has 4 nitrogen and oxygen atoms in total. The molecule has 1 unspecified atom stereocenters. The number of aromatic nitrogens is 1. The lowest BCUT2D eigenvalue weighted by Gasteiger charge is -2.10. The molecule has 16 heavy (non-hydrogen) atoms. The van der Waals surface area contributed by atoms with E-state index in [1.165, 1.54) is 4.88 Å². The molecule has 2 N–H and O–H groups in total. The summed E-state index contributed by atoms with van der Waals surface area (Å²) in [6.07, 6.45) is 2.67. The third kappa shape index (κ3) is 3.02. The molecule has 5 heteroatoms. The maximum Gasteiger partial charge on any atom is 0.220 e. The van der Waals surface area contributed by atoms with E-state index >= 15 is 0 Å². The summed E-state index contributed by atoms with van der Waals surface area (Å²) in [5, 5.41) is 6.33. The number of carbonyl (C=O) groups is 1. The summed E-state index contributed by atoms with van der Waals surface area (Å²) in [4.78, 5) is 16.5. The first-order valence-electron chi connectivity index (χ1n) is 5.65. The van der Waals surface area contributed by atoms with Gasteiger partial charge in [-0.25, -0.2) is 4.98 Å². The topological polar surface area (TPSA) is 54.0 Å². The zero-order valence-corrected chi connectivity index (χ0v) is 10.3. The van der Waals surface area contributed by atoms with Crippen molar-refractivity contribution in [3.63, 3.8) is 0 Å². The average molecular weight is 239 g/mol. The van der Waals surface area contributed by atoms with Crippen molar-refractivity contribution < 1.29 is 4.79 Å². The Morgan fingerprint density at radius 3 is 3.19 bits per heavy atom. The number of rotatable bonds is 5. The third-order valence-electron chi connectivity index (χ3n) is 2.85. The zero-order valence-electron chi connectivity index (χ0n) is 9.45. The van der Waals surface area contributed by atoms with Crippen LogP contribution in [0.15, 0.2) is 5.51 Å². The highest BCUT2D eigenvalue weighted by Gasteiger charge is 2.19. The van der Waals surface area contributed by atoms with Crippen LogP contribution in [-0.4, -0.2) is 30.0 Å². The highest BCUT2D eigenvalue weighted by molar-refractivity contribution is 7.09. The molecule has 2 rings (SSSR count). The van der Waals surface area contributed by atoms with Crippen molar-refractivity contribution >= 4 is 17.2 Å². The molecule has 2 heterocycles. The van der Waals surface area contributed by atoms with Gasteiger partial charge in [0.15, 0.2) is 0 Å². The molecule has 88 valence electrons. The van der Waals surface area contributed by atoms with Gasteiger partial charge in [0.25, 0.3) is 0 Å². The van der Waals surface area contributed by atoms with Gasteiger partial charge in [-0.15, -0.1) is 11.3 Å². The molecule has 0 saturated carbocycles. The van der Waals surface area contributed by atoms with Gasteiger partial charge in [-0.1, -0.05) is 0 Å². The molecule has 1 aromatic heterocycles. The van der Waals surface area contributed by atoms with Gasteiger partial charge in [-0.2, -0.15) is 0 Å². The van der Waals surface area contributed by atoms with Crippen molar-refractivity contribution in [1.29, 1.82) is 0 Å². The van der Waals surface area contributed by atoms with E-state index in [0.29, 0.717) is 12.5 Å². The molecule has 0 spiro atoms. The summed E-state index contributed by atoms with van der Waals surface area (Å²) in [7, 11) is 0. The molecular formula is C11H17N3OS. The molecule has 0 aliphatic carbocycles. The average Bonchev–Trinajstić information content (AvgIpc) is 2.83. The minimum Gasteiger partial charge on any atom is -0.352 e. The van der Waals surface area contributed by atoms with Crippen LogP contribution in [0.25, 0.3) is 0 Å². The molecule has 1 aromatic rings. The van der Waals surface area contributed by atoms with E-state index < -0.39 is 0 Å². The van der Waals surface area contributed by atoms with Crippen molar-refractivity contribution in [3.05, 3.63) is 16.1 Å². The lowest BCUT2D eigenvalue weighted by Crippen LogP contribution is -2.36. The van der Waals surface area contributed by atoms with Crippen LogP contribution in [-0.2, 0) is 11.2 Å². The predicted molar refractivity (Wildman–Crippen MR) is 64.6 cm³/mol. The lowest BCUT2D eigenvalue weighted by atomic mass is 10.2. The molecular weight excluding hydrogens is 222 g/mol. The summed E-state index contributed by atoms with van der Waals surface area (Å²) in [5.74, 6) is 0.185. The molecule has 1 atom stereocenters. The molecule has 1 aliphatic rings. The van der Waals surface area contributed by atoms with Crippen LogP contribution in [0.1, 0.15) is 23.4 Å². The van der Waals surface area contributed by atoms with E-state index in [-0.39, 0.29) is 5.91 Å². The van der Waals surface area contributed by atoms with E-state index in [1.54, 1.807) is 11.3 Å². The van der Waals surface area contributed by atoms with Crippen LogP contribution in [0, 0.1) is 6.92 Å². The van der Waals surface area contributed by atoms with Crippen LogP contribution in [0.2, 0.25) is 0 Å². The molecule has 1 aliphatic heterocycles. The summed E-state index contributed by atoms with van der Waals surface area (Å²) < 4.78 is 0. The Morgan fingerprint density at radius 1 is 1.69 bits per heavy atom. The summed E-state index contributed by atoms with van der Waals surface area (Å²) in [6, 6.07) is 0.329. The maximum atomic E-state index is 11.0. The Hall–Kier alpha value is -0.940. The zero-order chi connectivity index (χ0) is 11.4. The van der Waals surface area contributed by atoms with Gasteiger partial charge in [0.2, 0.25) is 5.91 Å². The van der Waals surface area contributed by atoms with Crippen molar-refractivity contribution in [2.24, 2.45) is 0 Å². The minimum absolute atomic E-state index is 0.185. The highest BCUT2D eigenvalue weighted by atomic mass is 32.1. The number of nitrogens with zero attached hydrogens (tertiary/aromatic N) is 1. The lowest BCUT2D eigenvalue weighted by molar-refractivity contribution is -0.119. The number of aryl methyl sites for hydroxylation is 1. The molecule has 1 fully saturated rings. The van der Waals surface area contributed by atoms with Gasteiger partial charge in [-0.05, 0) is 19.8 Å².